The van der Waals surface area contributed by atoms with Gasteiger partial charge in [-0.3, -0.25) is 9.69 Å². The molecular weight excluding hydrogens is 476 g/mol. The molecule has 2 aromatic carbocycles. The summed E-state index contributed by atoms with van der Waals surface area (Å²) in [6.07, 6.45) is 0. The second-order valence-corrected chi connectivity index (χ2v) is 8.09. The molecule has 1 aliphatic heterocycles. The predicted molar refractivity (Wildman–Crippen MR) is 135 cm³/mol. The van der Waals surface area contributed by atoms with E-state index in [0.29, 0.717) is 35.5 Å². The minimum atomic E-state index is -0.963. The summed E-state index contributed by atoms with van der Waals surface area (Å²) in [7, 11) is 3.90. The average Bonchev–Trinajstić information content (AvgIpc) is 2.92. The number of hydrogen-bond acceptors (Lipinski definition) is 9. The molecule has 0 fully saturated rings. The lowest BCUT2D eigenvalue weighted by molar-refractivity contribution is -0.139. The molecule has 0 bridgehead atoms. The van der Waals surface area contributed by atoms with Crippen molar-refractivity contribution in [3.05, 3.63) is 87.9 Å². The highest BCUT2D eigenvalue weighted by molar-refractivity contribution is 6.06. The van der Waals surface area contributed by atoms with E-state index < -0.39 is 17.9 Å². The molecule has 1 aliphatic rings. The molecular formula is C27H28N4O6. The number of aryl methyl sites for hydroxylation is 1. The number of amides is 1. The van der Waals surface area contributed by atoms with Crippen LogP contribution >= 0.6 is 0 Å². The SMILES string of the molecule is COCCNC(=O)c1ccc(N2C(N)=C(C#N)C(c3ccccc3)C(C(=O)OC)=C2C(=O)OC)c(C)c1. The molecule has 0 spiro atoms. The largest absolute Gasteiger partial charge is 0.466 e. The smallest absolute Gasteiger partial charge is 0.355 e. The van der Waals surface area contributed by atoms with Crippen molar-refractivity contribution in [3.8, 4) is 6.07 Å². The van der Waals surface area contributed by atoms with Crippen LogP contribution in [0.2, 0.25) is 0 Å². The third-order valence-corrected chi connectivity index (χ3v) is 5.90. The molecule has 1 unspecified atom stereocenters. The van der Waals surface area contributed by atoms with Crippen LogP contribution in [-0.4, -0.2) is 52.3 Å². The first-order valence-corrected chi connectivity index (χ1v) is 11.3. The molecule has 192 valence electrons. The number of benzene rings is 2. The summed E-state index contributed by atoms with van der Waals surface area (Å²) in [5.41, 5.74) is 8.19. The number of nitriles is 1. The van der Waals surface area contributed by atoms with Gasteiger partial charge in [-0.1, -0.05) is 30.3 Å². The van der Waals surface area contributed by atoms with Crippen LogP contribution in [0.3, 0.4) is 0 Å². The van der Waals surface area contributed by atoms with Gasteiger partial charge in [0.25, 0.3) is 5.91 Å². The number of nitrogens with two attached hydrogens (primary N) is 1. The topological polar surface area (TPSA) is 144 Å². The van der Waals surface area contributed by atoms with E-state index in [1.807, 2.05) is 0 Å². The number of esters is 2. The maximum atomic E-state index is 13.2. The molecule has 1 heterocycles. The second kappa shape index (κ2) is 11.9. The highest BCUT2D eigenvalue weighted by Crippen LogP contribution is 2.43. The molecule has 10 nitrogen and oxygen atoms in total. The molecule has 0 aliphatic carbocycles. The monoisotopic (exact) mass is 504 g/mol. The van der Waals surface area contributed by atoms with E-state index in [2.05, 4.69) is 11.4 Å². The summed E-state index contributed by atoms with van der Waals surface area (Å²) in [6, 6.07) is 15.6. The standard InChI is InChI=1S/C27H28N4O6/c1-16-14-18(25(32)30-12-13-35-2)10-11-20(16)31-23(27(34)37-4)22(26(33)36-3)21(19(15-28)24(31)29)17-8-6-5-7-9-17/h5-11,14,21H,12-13,29H2,1-4H3,(H,30,32). The first-order chi connectivity index (χ1) is 17.8. The van der Waals surface area contributed by atoms with Crippen LogP contribution in [-0.2, 0) is 23.8 Å². The maximum absolute atomic E-state index is 13.2. The Hall–Kier alpha value is -4.62. The Labute approximate surface area is 214 Å². The number of carbonyl (C=O) groups excluding carboxylic acids is 3. The van der Waals surface area contributed by atoms with Crippen LogP contribution in [0.4, 0.5) is 5.69 Å². The molecule has 37 heavy (non-hydrogen) atoms. The van der Waals surface area contributed by atoms with Crippen molar-refractivity contribution < 1.29 is 28.6 Å². The molecule has 3 rings (SSSR count). The Morgan fingerprint density at radius 3 is 2.30 bits per heavy atom. The first kappa shape index (κ1) is 27.0. The Bertz CT molecular complexity index is 1310. The number of allylic oxidation sites excluding steroid dienone is 1. The van der Waals surface area contributed by atoms with Crippen LogP contribution in [0.5, 0.6) is 0 Å². The van der Waals surface area contributed by atoms with Crippen LogP contribution in [0.15, 0.2) is 71.2 Å². The Morgan fingerprint density at radius 1 is 1.05 bits per heavy atom. The second-order valence-electron chi connectivity index (χ2n) is 8.09. The van der Waals surface area contributed by atoms with Crippen molar-refractivity contribution in [2.24, 2.45) is 5.73 Å². The van der Waals surface area contributed by atoms with Gasteiger partial charge in [-0.25, -0.2) is 9.59 Å². The van der Waals surface area contributed by atoms with Crippen molar-refractivity contribution in [1.82, 2.24) is 5.32 Å². The summed E-state index contributed by atoms with van der Waals surface area (Å²) < 4.78 is 15.0. The maximum Gasteiger partial charge on any atom is 0.355 e. The van der Waals surface area contributed by atoms with Crippen molar-refractivity contribution in [1.29, 1.82) is 5.26 Å². The van der Waals surface area contributed by atoms with E-state index in [0.717, 1.165) is 0 Å². The summed E-state index contributed by atoms with van der Waals surface area (Å²) >= 11 is 0. The molecule has 3 N–H and O–H groups in total. The van der Waals surface area contributed by atoms with Gasteiger partial charge in [0.1, 0.15) is 11.5 Å². The van der Waals surface area contributed by atoms with E-state index >= 15 is 0 Å². The number of rotatable bonds is 8. The van der Waals surface area contributed by atoms with Crippen LogP contribution in [0.1, 0.15) is 27.4 Å². The van der Waals surface area contributed by atoms with Crippen molar-refractivity contribution in [3.63, 3.8) is 0 Å². The quantitative estimate of drug-likeness (QED) is 0.408. The van der Waals surface area contributed by atoms with Crippen molar-refractivity contribution in [2.75, 3.05) is 39.4 Å². The zero-order valence-electron chi connectivity index (χ0n) is 21.0. The minimum absolute atomic E-state index is 0.0511. The zero-order chi connectivity index (χ0) is 27.1. The Morgan fingerprint density at radius 2 is 1.73 bits per heavy atom. The average molecular weight is 505 g/mol. The lowest BCUT2D eigenvalue weighted by Crippen LogP contribution is -2.41. The van der Waals surface area contributed by atoms with Gasteiger partial charge in [0.05, 0.1) is 49.6 Å². The minimum Gasteiger partial charge on any atom is -0.466 e. The van der Waals surface area contributed by atoms with E-state index in [9.17, 15) is 19.6 Å². The zero-order valence-corrected chi connectivity index (χ0v) is 21.0. The lowest BCUT2D eigenvalue weighted by Gasteiger charge is -2.36. The van der Waals surface area contributed by atoms with E-state index in [-0.39, 0.29) is 28.6 Å². The van der Waals surface area contributed by atoms with Gasteiger partial charge in [0.15, 0.2) is 0 Å². The highest BCUT2D eigenvalue weighted by Gasteiger charge is 2.43. The van der Waals surface area contributed by atoms with Gasteiger partial charge in [0, 0.05) is 19.2 Å². The Kier molecular flexibility index (Phi) is 8.66. The van der Waals surface area contributed by atoms with E-state index in [1.54, 1.807) is 55.5 Å². The molecule has 2 aromatic rings. The summed E-state index contributed by atoms with van der Waals surface area (Å²) in [4.78, 5) is 40.1. The van der Waals surface area contributed by atoms with Crippen LogP contribution in [0.25, 0.3) is 0 Å². The summed E-state index contributed by atoms with van der Waals surface area (Å²) in [5.74, 6) is -2.98. The molecule has 0 saturated heterocycles. The lowest BCUT2D eigenvalue weighted by atomic mass is 9.80. The number of hydrogen-bond donors (Lipinski definition) is 2. The van der Waals surface area contributed by atoms with Gasteiger partial charge in [-0.05, 0) is 36.2 Å². The summed E-state index contributed by atoms with van der Waals surface area (Å²) in [6.45, 7) is 2.42. The van der Waals surface area contributed by atoms with E-state index in [4.69, 9.17) is 19.9 Å². The van der Waals surface area contributed by atoms with Gasteiger partial charge < -0.3 is 25.3 Å². The molecule has 1 amide bonds. The van der Waals surface area contributed by atoms with Crippen molar-refractivity contribution in [2.45, 2.75) is 12.8 Å². The van der Waals surface area contributed by atoms with E-state index in [1.165, 1.54) is 26.2 Å². The normalized spacial score (nSPS) is 15.2. The first-order valence-electron chi connectivity index (χ1n) is 11.3. The number of nitrogens with one attached hydrogen (secondary N) is 1. The fourth-order valence-corrected chi connectivity index (χ4v) is 4.18. The Balaban J connectivity index is 2.25. The molecule has 10 heteroatoms. The highest BCUT2D eigenvalue weighted by atomic mass is 16.5. The van der Waals surface area contributed by atoms with Gasteiger partial charge >= 0.3 is 11.9 Å². The summed E-state index contributed by atoms with van der Waals surface area (Å²) in [5, 5.41) is 12.9. The third-order valence-electron chi connectivity index (χ3n) is 5.90. The van der Waals surface area contributed by atoms with Crippen LogP contribution in [0, 0.1) is 18.3 Å². The molecule has 1 atom stereocenters. The number of carbonyl (C=O) groups is 3. The number of anilines is 1. The van der Waals surface area contributed by atoms with Gasteiger partial charge in [-0.15, -0.1) is 0 Å². The van der Waals surface area contributed by atoms with Crippen molar-refractivity contribution >= 4 is 23.5 Å². The van der Waals surface area contributed by atoms with Gasteiger partial charge in [0.2, 0.25) is 0 Å². The molecule has 0 aromatic heterocycles. The van der Waals surface area contributed by atoms with Gasteiger partial charge in [-0.2, -0.15) is 5.26 Å². The third kappa shape index (κ3) is 5.32. The number of nitrogens with zero attached hydrogens (tertiary/aromatic N) is 2. The number of methoxy groups -OCH3 is 3. The molecule has 0 radical (unpaired) electrons. The van der Waals surface area contributed by atoms with Crippen LogP contribution < -0.4 is 16.0 Å². The number of ether oxygens (including phenoxy) is 3. The molecule has 0 saturated carbocycles. The predicted octanol–water partition coefficient (Wildman–Crippen LogP) is 2.27. The fourth-order valence-electron chi connectivity index (χ4n) is 4.18. The fraction of sp³-hybridized carbons (Fsp3) is 0.259.